The van der Waals surface area contributed by atoms with Crippen LogP contribution in [0.5, 0.6) is 0 Å². The summed E-state index contributed by atoms with van der Waals surface area (Å²) in [5.41, 5.74) is -1.58. The van der Waals surface area contributed by atoms with Gasteiger partial charge in [0.15, 0.2) is 0 Å². The number of nitrogens with one attached hydrogen (secondary N) is 3. The molecule has 0 bridgehead atoms. The van der Waals surface area contributed by atoms with Crippen LogP contribution in [0.15, 0.2) is 0 Å². The average molecular weight is 577 g/mol. The van der Waals surface area contributed by atoms with Crippen molar-refractivity contribution >= 4 is 21.5 Å². The molecule has 0 aliphatic heterocycles. The molecule has 0 rings (SSSR count). The van der Waals surface area contributed by atoms with Crippen molar-refractivity contribution in [3.05, 3.63) is 15.6 Å². The van der Waals surface area contributed by atoms with E-state index in [4.69, 9.17) is 23.9 Å². The molecule has 0 aliphatic rings. The monoisotopic (exact) mass is 577 g/mol. The zero-order valence-electron chi connectivity index (χ0n) is 11.1. The van der Waals surface area contributed by atoms with Crippen LogP contribution in [0.3, 0.4) is 0 Å². The molecule has 0 aromatic rings. The van der Waals surface area contributed by atoms with Gasteiger partial charge in [-0.2, -0.15) is 0 Å². The first-order valence-corrected chi connectivity index (χ1v) is 9.11. The van der Waals surface area contributed by atoms with E-state index in [1.165, 1.54) is 0 Å². The van der Waals surface area contributed by atoms with E-state index in [2.05, 4.69) is 14.5 Å². The minimum absolute atomic E-state index is 0.0125. The van der Waals surface area contributed by atoms with Gasteiger partial charge in [0.25, 0.3) is 0 Å². The molecule has 142 valence electrons. The predicted molar refractivity (Wildman–Crippen MR) is 62.9 cm³/mol. The molecule has 3 unspecified atom stereocenters. The minimum atomic E-state index is -2.11. The van der Waals surface area contributed by atoms with Crippen molar-refractivity contribution in [3.8, 4) is 0 Å². The van der Waals surface area contributed by atoms with Gasteiger partial charge in [-0.3, -0.25) is 0 Å². The molecule has 23 heavy (non-hydrogen) atoms. The normalized spacial score (nSPS) is 18.8. The Kier molecular flexibility index (Phi) is 13.3. The third-order valence-electron chi connectivity index (χ3n) is 2.02. The number of nitrogens with zero attached hydrogens (tertiary/aromatic N) is 1. The summed E-state index contributed by atoms with van der Waals surface area (Å²) in [4.78, 5) is 13.3. The third-order valence-corrected chi connectivity index (χ3v) is 3.64. The van der Waals surface area contributed by atoms with Crippen molar-refractivity contribution in [3.63, 3.8) is 0 Å². The summed E-state index contributed by atoms with van der Waals surface area (Å²) >= 11 is -3.87. The second kappa shape index (κ2) is 12.9. The molecule has 7 N–H and O–H groups in total. The van der Waals surface area contributed by atoms with Gasteiger partial charge in [0.05, 0.1) is 0 Å². The zero-order chi connectivity index (χ0) is 17.9. The Bertz CT molecular complexity index is 312. The molecular weight excluding hydrogens is 562 g/mol. The number of hydrogen-bond acceptors (Lipinski definition) is 12. The number of hydrogen-bond donors (Lipinski definition) is 7. The standard InChI is InChI=1S/C5H15I2N4O12/c12-6-9(15)21-2-5(3-22-10(16)17,4-23-11(18)19)1-20-7-8(13)14/h8,10-11,13,15-16,18H,1-4H2/q-1. The van der Waals surface area contributed by atoms with E-state index < -0.39 is 89.4 Å². The van der Waals surface area contributed by atoms with Gasteiger partial charge in [0, 0.05) is 0 Å². The zero-order valence-corrected chi connectivity index (χ0v) is 15.4. The van der Waals surface area contributed by atoms with Crippen LogP contribution in [0.25, 0.3) is 0 Å². The molecule has 0 spiro atoms. The van der Waals surface area contributed by atoms with Crippen LogP contribution < -0.4 is 36.1 Å². The average Bonchev–Trinajstić information content (AvgIpc) is 2.47. The van der Waals surface area contributed by atoms with E-state index >= 15 is 0 Å². The Labute approximate surface area is 149 Å². The summed E-state index contributed by atoms with van der Waals surface area (Å²) in [6.07, 6.45) is 0. The molecule has 0 fully saturated rings. The van der Waals surface area contributed by atoms with Crippen LogP contribution in [0.4, 0.5) is 0 Å². The molecule has 0 radical (unpaired) electrons. The van der Waals surface area contributed by atoms with E-state index in [1.54, 1.807) is 0 Å². The van der Waals surface area contributed by atoms with Crippen LogP contribution in [-0.4, -0.2) is 50.7 Å². The Balaban J connectivity index is 4.93. The molecule has 0 heterocycles. The Morgan fingerprint density at radius 1 is 1.04 bits per heavy atom. The Morgan fingerprint density at radius 2 is 1.57 bits per heavy atom. The molecule has 18 heteroatoms. The van der Waals surface area contributed by atoms with Crippen LogP contribution >= 0.6 is 21.5 Å². The molecule has 0 saturated carbocycles. The second-order valence-corrected chi connectivity index (χ2v) is 6.97. The first-order valence-electron chi connectivity index (χ1n) is 5.31. The van der Waals surface area contributed by atoms with E-state index in [0.717, 1.165) is 0 Å². The van der Waals surface area contributed by atoms with Crippen molar-refractivity contribution in [1.82, 2.24) is 3.44 Å². The Hall–Kier alpha value is 0.660. The molecular formula is C5H15I2N4O12-. The van der Waals surface area contributed by atoms with Gasteiger partial charge in [-0.15, -0.1) is 0 Å². The first-order chi connectivity index (χ1) is 10.7. The van der Waals surface area contributed by atoms with Crippen molar-refractivity contribution in [2.75, 3.05) is 26.4 Å². The topological polar surface area (TPSA) is 221 Å². The van der Waals surface area contributed by atoms with E-state index in [0.29, 0.717) is 0 Å². The molecule has 0 saturated heterocycles. The summed E-state index contributed by atoms with van der Waals surface area (Å²) in [7, 11) is 0. The van der Waals surface area contributed by atoms with E-state index in [1.807, 2.05) is 0 Å². The fraction of sp³-hybridized carbons (Fsp3) is 1.00. The number of halogens is 2. The molecule has 3 atom stereocenters. The third kappa shape index (κ3) is 12.6. The predicted octanol–water partition coefficient (Wildman–Crippen LogP) is -8.06. The molecule has 0 amide bonds. The summed E-state index contributed by atoms with van der Waals surface area (Å²) in [6.45, 7) is -2.44. The summed E-state index contributed by atoms with van der Waals surface area (Å²) in [5.74, 6) is 0. The maximum atomic E-state index is 10.5. The number of rotatable bonds is 14. The summed E-state index contributed by atoms with van der Waals surface area (Å²) in [5, 5.41) is 62.8. The van der Waals surface area contributed by atoms with Gasteiger partial charge in [-0.25, -0.2) is 0 Å². The van der Waals surface area contributed by atoms with Crippen LogP contribution in [-0.2, 0) is 20.6 Å². The fourth-order valence-electron chi connectivity index (χ4n) is 1.08. The van der Waals surface area contributed by atoms with E-state index in [-0.39, 0.29) is 3.44 Å². The SMILES string of the molecule is O=IN(O)OCC(CO[I-][NH+]([O-])O)(CO[NH+]([O-])O)CO[NH+]([O-])O. The van der Waals surface area contributed by atoms with Crippen LogP contribution in [0.1, 0.15) is 0 Å². The molecule has 0 aromatic carbocycles. The van der Waals surface area contributed by atoms with Gasteiger partial charge in [-0.1, -0.05) is 0 Å². The van der Waals surface area contributed by atoms with Gasteiger partial charge >= 0.3 is 150 Å². The summed E-state index contributed by atoms with van der Waals surface area (Å²) < 4.78 is 14.2. The molecule has 0 aliphatic carbocycles. The van der Waals surface area contributed by atoms with E-state index in [9.17, 15) is 18.7 Å². The van der Waals surface area contributed by atoms with Gasteiger partial charge in [-0.05, 0) is 0 Å². The molecule has 0 aromatic heterocycles. The van der Waals surface area contributed by atoms with Crippen molar-refractivity contribution in [2.24, 2.45) is 5.41 Å². The van der Waals surface area contributed by atoms with Gasteiger partial charge < -0.3 is 0 Å². The fourth-order valence-corrected chi connectivity index (χ4v) is 2.42. The number of quaternary nitrogens is 3. The van der Waals surface area contributed by atoms with Gasteiger partial charge in [0.1, 0.15) is 0 Å². The second-order valence-electron chi connectivity index (χ2n) is 3.76. The first kappa shape index (κ1) is 23.7. The Morgan fingerprint density at radius 3 is 1.96 bits per heavy atom. The van der Waals surface area contributed by atoms with Crippen LogP contribution in [0, 0.1) is 21.0 Å². The molecule has 16 nitrogen and oxygen atoms in total. The van der Waals surface area contributed by atoms with Crippen LogP contribution in [0.2, 0.25) is 0 Å². The van der Waals surface area contributed by atoms with Crippen molar-refractivity contribution < 1.29 is 77.6 Å². The summed E-state index contributed by atoms with van der Waals surface area (Å²) in [6, 6.07) is 0. The quantitative estimate of drug-likeness (QED) is 0.0581. The van der Waals surface area contributed by atoms with Gasteiger partial charge in [0.2, 0.25) is 0 Å². The maximum absolute atomic E-state index is 10.5. The van der Waals surface area contributed by atoms with Crippen molar-refractivity contribution in [2.45, 2.75) is 0 Å². The van der Waals surface area contributed by atoms with Crippen molar-refractivity contribution in [1.29, 1.82) is 0 Å².